The van der Waals surface area contributed by atoms with E-state index in [1.54, 1.807) is 12.4 Å². The van der Waals surface area contributed by atoms with Crippen molar-refractivity contribution in [2.75, 3.05) is 6.54 Å². The molecular weight excluding hydrogens is 431 g/mol. The van der Waals surface area contributed by atoms with Crippen LogP contribution < -0.4 is 15.4 Å². The van der Waals surface area contributed by atoms with Gasteiger partial charge < -0.3 is 15.4 Å². The molecule has 0 unspecified atom stereocenters. The van der Waals surface area contributed by atoms with Crippen molar-refractivity contribution in [2.45, 2.75) is 40.0 Å². The lowest BCUT2D eigenvalue weighted by atomic mass is 10.3. The highest BCUT2D eigenvalue weighted by Crippen LogP contribution is 2.10. The fourth-order valence-corrected chi connectivity index (χ4v) is 2.08. The number of aryl methyl sites for hydroxylation is 1. The number of rotatable bonds is 7. The molecule has 0 saturated carbocycles. The van der Waals surface area contributed by atoms with Crippen molar-refractivity contribution in [1.82, 2.24) is 25.4 Å². The maximum atomic E-state index is 5.54. The van der Waals surface area contributed by atoms with E-state index in [1.165, 1.54) is 0 Å². The lowest BCUT2D eigenvalue weighted by Crippen LogP contribution is -2.37. The molecular formula is C17H27IN6O. The molecule has 2 aromatic heterocycles. The first-order chi connectivity index (χ1) is 11.6. The lowest BCUT2D eigenvalue weighted by molar-refractivity contribution is 0.232. The molecule has 0 fully saturated rings. The topological polar surface area (TPSA) is 76.4 Å². The summed E-state index contributed by atoms with van der Waals surface area (Å²) < 4.78 is 7.39. The summed E-state index contributed by atoms with van der Waals surface area (Å²) >= 11 is 0. The van der Waals surface area contributed by atoms with E-state index in [0.29, 0.717) is 19.0 Å². The highest BCUT2D eigenvalue weighted by Gasteiger charge is 2.03. The summed E-state index contributed by atoms with van der Waals surface area (Å²) in [6, 6.07) is 5.84. The third kappa shape index (κ3) is 7.29. The minimum Gasteiger partial charge on any atom is -0.475 e. The molecule has 2 aromatic rings. The molecule has 0 saturated heterocycles. The fraction of sp³-hybridized carbons (Fsp3) is 0.471. The van der Waals surface area contributed by atoms with Gasteiger partial charge in [0.05, 0.1) is 24.9 Å². The van der Waals surface area contributed by atoms with Gasteiger partial charge in [-0.15, -0.1) is 24.0 Å². The molecule has 0 aromatic carbocycles. The number of nitrogens with one attached hydrogen (secondary N) is 2. The third-order valence-corrected chi connectivity index (χ3v) is 3.28. The van der Waals surface area contributed by atoms with E-state index in [2.05, 4.69) is 25.7 Å². The molecule has 25 heavy (non-hydrogen) atoms. The van der Waals surface area contributed by atoms with Crippen LogP contribution in [0.3, 0.4) is 0 Å². The lowest BCUT2D eigenvalue weighted by Gasteiger charge is -2.11. The van der Waals surface area contributed by atoms with Crippen LogP contribution in [-0.2, 0) is 20.1 Å². The summed E-state index contributed by atoms with van der Waals surface area (Å²) in [5.74, 6) is 1.40. The summed E-state index contributed by atoms with van der Waals surface area (Å²) in [7, 11) is 1.92. The van der Waals surface area contributed by atoms with Crippen molar-refractivity contribution < 1.29 is 4.74 Å². The Bertz CT molecular complexity index is 653. The van der Waals surface area contributed by atoms with Gasteiger partial charge in [-0.3, -0.25) is 4.68 Å². The summed E-state index contributed by atoms with van der Waals surface area (Å²) in [6.45, 7) is 8.03. The highest BCUT2D eigenvalue weighted by atomic mass is 127. The van der Waals surface area contributed by atoms with Gasteiger partial charge in [0.1, 0.15) is 0 Å². The van der Waals surface area contributed by atoms with Gasteiger partial charge in [-0.05, 0) is 32.4 Å². The molecule has 2 rings (SSSR count). The SMILES string of the molecule is CCNC(=NCc1ccc(OC(C)C)nc1)NCc1ccnn1C.I. The van der Waals surface area contributed by atoms with E-state index in [9.17, 15) is 0 Å². The Morgan fingerprint density at radius 3 is 2.64 bits per heavy atom. The molecule has 7 nitrogen and oxygen atoms in total. The van der Waals surface area contributed by atoms with E-state index in [4.69, 9.17) is 4.74 Å². The van der Waals surface area contributed by atoms with Crippen LogP contribution in [0.2, 0.25) is 0 Å². The fourth-order valence-electron chi connectivity index (χ4n) is 2.08. The van der Waals surface area contributed by atoms with Crippen LogP contribution in [0.1, 0.15) is 32.0 Å². The van der Waals surface area contributed by atoms with Gasteiger partial charge >= 0.3 is 0 Å². The molecule has 2 N–H and O–H groups in total. The first-order valence-electron chi connectivity index (χ1n) is 8.19. The Hall–Kier alpha value is -1.84. The number of aromatic nitrogens is 3. The zero-order valence-electron chi connectivity index (χ0n) is 15.2. The minimum absolute atomic E-state index is 0. The van der Waals surface area contributed by atoms with Crippen molar-refractivity contribution in [2.24, 2.45) is 12.0 Å². The molecule has 0 aliphatic rings. The number of pyridine rings is 1. The van der Waals surface area contributed by atoms with Crippen molar-refractivity contribution in [3.05, 3.63) is 41.9 Å². The Morgan fingerprint density at radius 2 is 2.08 bits per heavy atom. The third-order valence-electron chi connectivity index (χ3n) is 3.28. The maximum absolute atomic E-state index is 5.54. The first kappa shape index (κ1) is 21.2. The molecule has 0 radical (unpaired) electrons. The van der Waals surface area contributed by atoms with E-state index >= 15 is 0 Å². The standard InChI is InChI=1S/C17H26N6O.HI/c1-5-18-17(21-12-15-8-9-22-23(15)4)20-11-14-6-7-16(19-10-14)24-13(2)3;/h6-10,13H,5,11-12H2,1-4H3,(H2,18,20,21);1H. The number of aliphatic imine (C=N–C) groups is 1. The molecule has 0 aliphatic carbocycles. The second-order valence-electron chi connectivity index (χ2n) is 5.67. The van der Waals surface area contributed by atoms with E-state index in [1.807, 2.05) is 50.7 Å². The number of hydrogen-bond donors (Lipinski definition) is 2. The van der Waals surface area contributed by atoms with Crippen LogP contribution in [0, 0.1) is 0 Å². The largest absolute Gasteiger partial charge is 0.475 e. The van der Waals surface area contributed by atoms with Crippen molar-refractivity contribution in [1.29, 1.82) is 0 Å². The number of guanidine groups is 1. The zero-order valence-corrected chi connectivity index (χ0v) is 17.5. The van der Waals surface area contributed by atoms with E-state index in [0.717, 1.165) is 23.8 Å². The number of nitrogens with zero attached hydrogens (tertiary/aromatic N) is 4. The van der Waals surface area contributed by atoms with Gasteiger partial charge in [-0.25, -0.2) is 9.98 Å². The number of hydrogen-bond acceptors (Lipinski definition) is 4. The van der Waals surface area contributed by atoms with Crippen molar-refractivity contribution in [3.63, 3.8) is 0 Å². The molecule has 0 aliphatic heterocycles. The monoisotopic (exact) mass is 458 g/mol. The number of halogens is 1. The van der Waals surface area contributed by atoms with Gasteiger partial charge in [0, 0.05) is 32.1 Å². The smallest absolute Gasteiger partial charge is 0.213 e. The van der Waals surface area contributed by atoms with Crippen molar-refractivity contribution in [3.8, 4) is 5.88 Å². The Morgan fingerprint density at radius 1 is 1.28 bits per heavy atom. The summed E-state index contributed by atoms with van der Waals surface area (Å²) in [5.41, 5.74) is 2.13. The summed E-state index contributed by atoms with van der Waals surface area (Å²) in [5, 5.41) is 10.7. The zero-order chi connectivity index (χ0) is 17.4. The van der Waals surface area contributed by atoms with Crippen LogP contribution in [0.4, 0.5) is 0 Å². The summed E-state index contributed by atoms with van der Waals surface area (Å²) in [6.07, 6.45) is 3.71. The highest BCUT2D eigenvalue weighted by molar-refractivity contribution is 14.0. The van der Waals surface area contributed by atoms with Crippen LogP contribution in [0.15, 0.2) is 35.6 Å². The van der Waals surface area contributed by atoms with E-state index in [-0.39, 0.29) is 30.1 Å². The molecule has 0 atom stereocenters. The second kappa shape index (κ2) is 10.9. The van der Waals surface area contributed by atoms with Crippen LogP contribution in [0.25, 0.3) is 0 Å². The van der Waals surface area contributed by atoms with Gasteiger partial charge in [0.2, 0.25) is 5.88 Å². The maximum Gasteiger partial charge on any atom is 0.213 e. The quantitative estimate of drug-likeness (QED) is 0.379. The minimum atomic E-state index is 0. The van der Waals surface area contributed by atoms with Crippen LogP contribution >= 0.6 is 24.0 Å². The Labute approximate surface area is 166 Å². The summed E-state index contributed by atoms with van der Waals surface area (Å²) in [4.78, 5) is 8.88. The van der Waals surface area contributed by atoms with Crippen molar-refractivity contribution >= 4 is 29.9 Å². The van der Waals surface area contributed by atoms with Gasteiger partial charge in [-0.1, -0.05) is 6.07 Å². The Balaban J connectivity index is 0.00000312. The average Bonchev–Trinajstić information content (AvgIpc) is 2.96. The van der Waals surface area contributed by atoms with Gasteiger partial charge in [-0.2, -0.15) is 5.10 Å². The molecule has 0 spiro atoms. The molecule has 2 heterocycles. The average molecular weight is 458 g/mol. The van der Waals surface area contributed by atoms with Gasteiger partial charge in [0.15, 0.2) is 5.96 Å². The molecule has 138 valence electrons. The Kier molecular flexibility index (Phi) is 9.25. The molecule has 0 bridgehead atoms. The van der Waals surface area contributed by atoms with E-state index < -0.39 is 0 Å². The van der Waals surface area contributed by atoms with Gasteiger partial charge in [0.25, 0.3) is 0 Å². The van der Waals surface area contributed by atoms with Crippen LogP contribution in [0.5, 0.6) is 5.88 Å². The number of ether oxygens (including phenoxy) is 1. The molecule has 8 heteroatoms. The predicted octanol–water partition coefficient (Wildman–Crippen LogP) is 2.48. The van der Waals surface area contributed by atoms with Crippen LogP contribution in [-0.4, -0.2) is 33.4 Å². The molecule has 0 amide bonds. The second-order valence-corrected chi connectivity index (χ2v) is 5.67. The first-order valence-corrected chi connectivity index (χ1v) is 8.19. The predicted molar refractivity (Wildman–Crippen MR) is 110 cm³/mol. The normalized spacial score (nSPS) is 11.2.